The molecule has 0 N–H and O–H groups in total. The van der Waals surface area contributed by atoms with Gasteiger partial charge in [-0.1, -0.05) is 12.2 Å². The van der Waals surface area contributed by atoms with Crippen molar-refractivity contribution in [3.05, 3.63) is 19.3 Å². The third-order valence-corrected chi connectivity index (χ3v) is 2.72. The van der Waals surface area contributed by atoms with E-state index in [1.807, 2.05) is 0 Å². The maximum Gasteiger partial charge on any atom is 0.309 e. The smallest absolute Gasteiger partial charge is 0.309 e. The van der Waals surface area contributed by atoms with Gasteiger partial charge in [0.1, 0.15) is 7.11 Å². The van der Waals surface area contributed by atoms with Crippen LogP contribution < -0.4 is 0 Å². The molecule has 0 aromatic heterocycles. The number of allylic oxidation sites excluding steroid dienone is 2. The molecule has 1 radical (unpaired) electrons. The minimum Gasteiger partial charge on any atom is -0.462 e. The highest BCUT2D eigenvalue weighted by Gasteiger charge is 2.40. The minimum atomic E-state index is -0.137. The van der Waals surface area contributed by atoms with E-state index >= 15 is 0 Å². The zero-order valence-electron chi connectivity index (χ0n) is 6.32. The average molecular weight is 151 g/mol. The van der Waals surface area contributed by atoms with E-state index in [1.165, 1.54) is 0 Å². The summed E-state index contributed by atoms with van der Waals surface area (Å²) < 4.78 is 4.46. The Hall–Kier alpha value is -0.790. The van der Waals surface area contributed by atoms with E-state index in [2.05, 4.69) is 24.0 Å². The van der Waals surface area contributed by atoms with Crippen LogP contribution in [0.1, 0.15) is 12.8 Å². The summed E-state index contributed by atoms with van der Waals surface area (Å²) in [5, 5.41) is 0. The van der Waals surface area contributed by atoms with E-state index < -0.39 is 0 Å². The Balaban J connectivity index is 2.08. The predicted molar refractivity (Wildman–Crippen MR) is 40.3 cm³/mol. The maximum absolute atomic E-state index is 11.1. The normalized spacial score (nSPS) is 39.5. The summed E-state index contributed by atoms with van der Waals surface area (Å²) in [6.07, 6.45) is 6.45. The number of hydrogen-bond donors (Lipinski definition) is 0. The molecule has 0 heterocycles. The summed E-state index contributed by atoms with van der Waals surface area (Å²) in [7, 11) is 3.14. The third-order valence-electron chi connectivity index (χ3n) is 2.72. The van der Waals surface area contributed by atoms with Gasteiger partial charge in [0, 0.05) is 0 Å². The minimum absolute atomic E-state index is 0.0995. The molecule has 0 amide bonds. The van der Waals surface area contributed by atoms with Gasteiger partial charge in [0.15, 0.2) is 0 Å². The van der Waals surface area contributed by atoms with Gasteiger partial charge in [0.25, 0.3) is 0 Å². The summed E-state index contributed by atoms with van der Waals surface area (Å²) >= 11 is 0. The van der Waals surface area contributed by atoms with E-state index in [0.29, 0.717) is 11.8 Å². The van der Waals surface area contributed by atoms with Crippen LogP contribution >= 0.6 is 0 Å². The highest BCUT2D eigenvalue weighted by atomic mass is 16.5. The van der Waals surface area contributed by atoms with Gasteiger partial charge >= 0.3 is 5.97 Å². The summed E-state index contributed by atoms with van der Waals surface area (Å²) in [6.45, 7) is 0. The molecule has 11 heavy (non-hydrogen) atoms. The van der Waals surface area contributed by atoms with Crippen molar-refractivity contribution in [2.24, 2.45) is 17.8 Å². The van der Waals surface area contributed by atoms with Crippen LogP contribution in [-0.2, 0) is 9.53 Å². The lowest BCUT2D eigenvalue weighted by atomic mass is 9.94. The standard InChI is InChI=1S/C9H11O2/c1-11-9(10)8-5-6-2-3-7(8)4-6/h2-3,6-8H,1,4-5H2. The Morgan fingerprint density at radius 3 is 2.73 bits per heavy atom. The quantitative estimate of drug-likeness (QED) is 0.419. The van der Waals surface area contributed by atoms with Crippen molar-refractivity contribution in [3.8, 4) is 0 Å². The van der Waals surface area contributed by atoms with Gasteiger partial charge in [0.2, 0.25) is 0 Å². The van der Waals surface area contributed by atoms with E-state index in [1.54, 1.807) is 0 Å². The average Bonchev–Trinajstić information content (AvgIpc) is 2.62. The van der Waals surface area contributed by atoms with Crippen molar-refractivity contribution in [3.63, 3.8) is 0 Å². The van der Waals surface area contributed by atoms with E-state index in [4.69, 9.17) is 0 Å². The molecule has 0 saturated heterocycles. The molecular weight excluding hydrogens is 140 g/mol. The summed E-state index contributed by atoms with van der Waals surface area (Å²) in [5.74, 6) is 1.03. The van der Waals surface area contributed by atoms with Gasteiger partial charge in [-0.15, -0.1) is 0 Å². The van der Waals surface area contributed by atoms with Crippen molar-refractivity contribution < 1.29 is 9.53 Å². The number of ether oxygens (including phenoxy) is 1. The topological polar surface area (TPSA) is 26.3 Å². The molecule has 2 nitrogen and oxygen atoms in total. The number of hydrogen-bond acceptors (Lipinski definition) is 2. The summed E-state index contributed by atoms with van der Waals surface area (Å²) in [6, 6.07) is 0. The summed E-state index contributed by atoms with van der Waals surface area (Å²) in [5.41, 5.74) is 0. The molecule has 2 heteroatoms. The molecular formula is C9H11O2. The van der Waals surface area contributed by atoms with Crippen molar-refractivity contribution in [1.29, 1.82) is 0 Å². The van der Waals surface area contributed by atoms with Crippen LogP contribution in [0.5, 0.6) is 0 Å². The van der Waals surface area contributed by atoms with Gasteiger partial charge in [-0.25, -0.2) is 0 Å². The molecule has 0 aromatic rings. The zero-order chi connectivity index (χ0) is 7.84. The van der Waals surface area contributed by atoms with E-state index in [9.17, 15) is 4.79 Å². The third kappa shape index (κ3) is 0.971. The lowest BCUT2D eigenvalue weighted by Crippen LogP contribution is -2.19. The first-order chi connectivity index (χ1) is 5.31. The van der Waals surface area contributed by atoms with Crippen molar-refractivity contribution in [2.45, 2.75) is 12.8 Å². The van der Waals surface area contributed by atoms with E-state index in [0.717, 1.165) is 12.8 Å². The molecule has 2 bridgehead atoms. The van der Waals surface area contributed by atoms with Crippen LogP contribution in [0.4, 0.5) is 0 Å². The van der Waals surface area contributed by atoms with E-state index in [-0.39, 0.29) is 11.9 Å². The fourth-order valence-corrected chi connectivity index (χ4v) is 2.16. The number of esters is 1. The van der Waals surface area contributed by atoms with Crippen molar-refractivity contribution in [2.75, 3.05) is 0 Å². The van der Waals surface area contributed by atoms with Gasteiger partial charge in [0.05, 0.1) is 5.92 Å². The summed E-state index contributed by atoms with van der Waals surface area (Å²) in [4.78, 5) is 11.1. The van der Waals surface area contributed by atoms with Crippen LogP contribution in [0.3, 0.4) is 0 Å². The van der Waals surface area contributed by atoms with Crippen molar-refractivity contribution >= 4 is 5.97 Å². The zero-order valence-corrected chi connectivity index (χ0v) is 6.32. The first kappa shape index (κ1) is 6.89. The molecule has 2 aliphatic carbocycles. The van der Waals surface area contributed by atoms with Crippen molar-refractivity contribution in [1.82, 2.24) is 0 Å². The molecule has 0 aromatic carbocycles. The Bertz CT molecular complexity index is 208. The van der Waals surface area contributed by atoms with Crippen LogP contribution in [0.15, 0.2) is 12.2 Å². The number of fused-ring (bicyclic) bond motifs is 2. The Morgan fingerprint density at radius 1 is 1.45 bits per heavy atom. The van der Waals surface area contributed by atoms with Gasteiger partial charge in [-0.3, -0.25) is 4.79 Å². The van der Waals surface area contributed by atoms with Gasteiger partial charge in [-0.2, -0.15) is 0 Å². The second-order valence-electron chi connectivity index (χ2n) is 3.35. The molecule has 2 rings (SSSR count). The van der Waals surface area contributed by atoms with Crippen LogP contribution in [0, 0.1) is 24.9 Å². The number of rotatable bonds is 1. The molecule has 59 valence electrons. The molecule has 1 fully saturated rings. The molecule has 0 aliphatic heterocycles. The molecule has 0 spiro atoms. The SMILES string of the molecule is [CH2]OC(=O)C1CC2C=CC1C2. The van der Waals surface area contributed by atoms with Crippen LogP contribution in [-0.4, -0.2) is 5.97 Å². The second-order valence-corrected chi connectivity index (χ2v) is 3.35. The molecule has 1 saturated carbocycles. The maximum atomic E-state index is 11.1. The highest BCUT2D eigenvalue weighted by Crippen LogP contribution is 2.43. The predicted octanol–water partition coefficient (Wildman–Crippen LogP) is 1.53. The lowest BCUT2D eigenvalue weighted by Gasteiger charge is -2.14. The monoisotopic (exact) mass is 151 g/mol. The fraction of sp³-hybridized carbons (Fsp3) is 0.556. The molecule has 3 atom stereocenters. The number of carbonyl (C=O) groups is 1. The Morgan fingerprint density at radius 2 is 2.27 bits per heavy atom. The van der Waals surface area contributed by atoms with Crippen LogP contribution in [0.2, 0.25) is 0 Å². The van der Waals surface area contributed by atoms with Gasteiger partial charge < -0.3 is 4.74 Å². The Kier molecular flexibility index (Phi) is 1.48. The molecule has 2 aliphatic rings. The Labute approximate surface area is 66.2 Å². The number of carbonyl (C=O) groups excluding carboxylic acids is 1. The largest absolute Gasteiger partial charge is 0.462 e. The van der Waals surface area contributed by atoms with Crippen LogP contribution in [0.25, 0.3) is 0 Å². The van der Waals surface area contributed by atoms with Gasteiger partial charge in [-0.05, 0) is 24.7 Å². The first-order valence-electron chi connectivity index (χ1n) is 3.95. The molecule has 3 unspecified atom stereocenters. The fourth-order valence-electron chi connectivity index (χ4n) is 2.16. The second kappa shape index (κ2) is 2.36. The lowest BCUT2D eigenvalue weighted by molar-refractivity contribution is -0.144. The highest BCUT2D eigenvalue weighted by molar-refractivity contribution is 5.74. The first-order valence-corrected chi connectivity index (χ1v) is 3.95.